The number of hydrogen-bond donors (Lipinski definition) is 2. The second-order valence-electron chi connectivity index (χ2n) is 4.83. The number of nitrogens with zero attached hydrogens (tertiary/aromatic N) is 1. The van der Waals surface area contributed by atoms with Crippen molar-refractivity contribution < 1.29 is 0 Å². The molecule has 90 valence electrons. The van der Waals surface area contributed by atoms with E-state index in [1.807, 2.05) is 25.6 Å². The van der Waals surface area contributed by atoms with Gasteiger partial charge in [0.25, 0.3) is 0 Å². The fourth-order valence-corrected chi connectivity index (χ4v) is 1.92. The molecular weight excluding hydrogens is 206 g/mol. The van der Waals surface area contributed by atoms with E-state index in [4.69, 9.17) is 11.1 Å². The molecule has 0 aliphatic carbocycles. The number of thioether (sulfide) groups is 1. The normalized spacial score (nSPS) is 14.3. The molecule has 4 heteroatoms. The van der Waals surface area contributed by atoms with Gasteiger partial charge in [-0.1, -0.05) is 13.8 Å². The summed E-state index contributed by atoms with van der Waals surface area (Å²) in [4.78, 5) is 2.33. The molecule has 0 spiro atoms. The number of amidine groups is 1. The monoisotopic (exact) mass is 231 g/mol. The zero-order valence-electron chi connectivity index (χ0n) is 10.6. The van der Waals surface area contributed by atoms with Crippen molar-refractivity contribution in [2.45, 2.75) is 33.2 Å². The number of rotatable bonds is 7. The van der Waals surface area contributed by atoms with Crippen molar-refractivity contribution >= 4 is 17.6 Å². The highest BCUT2D eigenvalue weighted by molar-refractivity contribution is 7.98. The summed E-state index contributed by atoms with van der Waals surface area (Å²) in [7, 11) is 2.14. The van der Waals surface area contributed by atoms with Crippen LogP contribution in [0.25, 0.3) is 0 Å². The molecule has 1 unspecified atom stereocenters. The minimum absolute atomic E-state index is 0.173. The molecule has 0 amide bonds. The molecule has 0 bridgehead atoms. The van der Waals surface area contributed by atoms with Gasteiger partial charge in [0.05, 0.1) is 5.84 Å². The van der Waals surface area contributed by atoms with Crippen LogP contribution in [-0.2, 0) is 0 Å². The molecule has 0 saturated carbocycles. The van der Waals surface area contributed by atoms with Crippen LogP contribution in [0.15, 0.2) is 0 Å². The fourth-order valence-electron chi connectivity index (χ4n) is 1.18. The third kappa shape index (κ3) is 5.42. The predicted octanol–water partition coefficient (Wildman–Crippen LogP) is 2.02. The molecule has 0 aliphatic rings. The van der Waals surface area contributed by atoms with Gasteiger partial charge in [-0.05, 0) is 33.2 Å². The SMILES string of the molecule is CSCC(C)N(C)CCC(C)(C)C(=N)N. The molecule has 1 atom stereocenters. The van der Waals surface area contributed by atoms with E-state index < -0.39 is 0 Å². The molecule has 0 heterocycles. The maximum absolute atomic E-state index is 7.48. The van der Waals surface area contributed by atoms with Crippen LogP contribution in [0.5, 0.6) is 0 Å². The van der Waals surface area contributed by atoms with Gasteiger partial charge in [-0.2, -0.15) is 11.8 Å². The van der Waals surface area contributed by atoms with Crippen LogP contribution in [0.4, 0.5) is 0 Å². The Labute approximate surface area is 98.3 Å². The average Bonchev–Trinajstić information content (AvgIpc) is 2.14. The summed E-state index contributed by atoms with van der Waals surface area (Å²) in [6, 6.07) is 0.586. The van der Waals surface area contributed by atoms with Gasteiger partial charge < -0.3 is 10.6 Å². The lowest BCUT2D eigenvalue weighted by Gasteiger charge is -2.29. The van der Waals surface area contributed by atoms with Crippen molar-refractivity contribution in [3.8, 4) is 0 Å². The van der Waals surface area contributed by atoms with Gasteiger partial charge in [-0.3, -0.25) is 5.41 Å². The smallest absolute Gasteiger partial charge is 0.0963 e. The first kappa shape index (κ1) is 14.8. The zero-order chi connectivity index (χ0) is 12.1. The molecular formula is C11H25N3S. The second-order valence-corrected chi connectivity index (χ2v) is 5.74. The maximum Gasteiger partial charge on any atom is 0.0963 e. The van der Waals surface area contributed by atoms with Gasteiger partial charge in [0.1, 0.15) is 0 Å². The number of hydrogen-bond acceptors (Lipinski definition) is 3. The van der Waals surface area contributed by atoms with Crippen LogP contribution in [0.3, 0.4) is 0 Å². The molecule has 0 aromatic rings. The molecule has 3 nitrogen and oxygen atoms in total. The first-order chi connectivity index (χ1) is 6.81. The fraction of sp³-hybridized carbons (Fsp3) is 0.909. The van der Waals surface area contributed by atoms with Crippen molar-refractivity contribution in [1.29, 1.82) is 5.41 Å². The van der Waals surface area contributed by atoms with E-state index >= 15 is 0 Å². The highest BCUT2D eigenvalue weighted by atomic mass is 32.2. The molecule has 0 aromatic heterocycles. The van der Waals surface area contributed by atoms with Gasteiger partial charge in [-0.15, -0.1) is 0 Å². The predicted molar refractivity (Wildman–Crippen MR) is 70.8 cm³/mol. The Morgan fingerprint density at radius 1 is 1.53 bits per heavy atom. The Hall–Kier alpha value is -0.220. The van der Waals surface area contributed by atoms with E-state index in [-0.39, 0.29) is 11.3 Å². The summed E-state index contributed by atoms with van der Waals surface area (Å²) in [6.45, 7) is 7.29. The van der Waals surface area contributed by atoms with Crippen LogP contribution in [-0.4, -0.2) is 42.4 Å². The Morgan fingerprint density at radius 3 is 2.47 bits per heavy atom. The van der Waals surface area contributed by atoms with E-state index in [0.29, 0.717) is 6.04 Å². The third-order valence-electron chi connectivity index (χ3n) is 2.98. The van der Waals surface area contributed by atoms with Crippen LogP contribution >= 0.6 is 11.8 Å². The van der Waals surface area contributed by atoms with Crippen LogP contribution in [0.2, 0.25) is 0 Å². The second kappa shape index (κ2) is 6.38. The molecule has 15 heavy (non-hydrogen) atoms. The minimum atomic E-state index is -0.173. The van der Waals surface area contributed by atoms with Crippen molar-refractivity contribution in [3.63, 3.8) is 0 Å². The topological polar surface area (TPSA) is 53.1 Å². The van der Waals surface area contributed by atoms with Crippen LogP contribution in [0.1, 0.15) is 27.2 Å². The molecule has 0 aromatic carbocycles. The molecule has 0 rings (SSSR count). The summed E-state index contributed by atoms with van der Waals surface area (Å²) < 4.78 is 0. The lowest BCUT2D eigenvalue weighted by Crippen LogP contribution is -2.38. The van der Waals surface area contributed by atoms with Crippen molar-refractivity contribution in [1.82, 2.24) is 4.90 Å². The van der Waals surface area contributed by atoms with Gasteiger partial charge >= 0.3 is 0 Å². The largest absolute Gasteiger partial charge is 0.387 e. The summed E-state index contributed by atoms with van der Waals surface area (Å²) in [5, 5.41) is 7.48. The number of nitrogens with one attached hydrogen (secondary N) is 1. The molecule has 0 radical (unpaired) electrons. The Balaban J connectivity index is 3.99. The van der Waals surface area contributed by atoms with E-state index in [0.717, 1.165) is 18.7 Å². The highest BCUT2D eigenvalue weighted by Crippen LogP contribution is 2.20. The van der Waals surface area contributed by atoms with Crippen LogP contribution in [0, 0.1) is 10.8 Å². The number of nitrogens with two attached hydrogens (primary N) is 1. The maximum atomic E-state index is 7.48. The molecule has 0 aliphatic heterocycles. The summed E-state index contributed by atoms with van der Waals surface area (Å²) >= 11 is 1.87. The average molecular weight is 231 g/mol. The standard InChI is InChI=1S/C11H25N3S/c1-9(8-15-5)14(4)7-6-11(2,3)10(12)13/h9H,6-8H2,1-5H3,(H3,12,13). The quantitative estimate of drug-likeness (QED) is 0.520. The van der Waals surface area contributed by atoms with E-state index in [1.165, 1.54) is 0 Å². The Bertz CT molecular complexity index is 204. The highest BCUT2D eigenvalue weighted by Gasteiger charge is 2.22. The molecule has 3 N–H and O–H groups in total. The lowest BCUT2D eigenvalue weighted by atomic mass is 9.88. The van der Waals surface area contributed by atoms with E-state index in [9.17, 15) is 0 Å². The summed E-state index contributed by atoms with van der Waals surface area (Å²) in [5.41, 5.74) is 5.38. The van der Waals surface area contributed by atoms with E-state index in [1.54, 1.807) is 0 Å². The van der Waals surface area contributed by atoms with Gasteiger partial charge in [-0.25, -0.2) is 0 Å². The molecule has 0 fully saturated rings. The lowest BCUT2D eigenvalue weighted by molar-refractivity contribution is 0.248. The van der Waals surface area contributed by atoms with Gasteiger partial charge in [0, 0.05) is 17.2 Å². The summed E-state index contributed by atoms with van der Waals surface area (Å²) in [6.07, 6.45) is 3.07. The first-order valence-electron chi connectivity index (χ1n) is 5.35. The van der Waals surface area contributed by atoms with Crippen molar-refractivity contribution in [3.05, 3.63) is 0 Å². The summed E-state index contributed by atoms with van der Waals surface area (Å²) in [5.74, 6) is 1.44. The van der Waals surface area contributed by atoms with Crippen molar-refractivity contribution in [2.24, 2.45) is 11.1 Å². The van der Waals surface area contributed by atoms with Crippen LogP contribution < -0.4 is 5.73 Å². The third-order valence-corrected chi connectivity index (χ3v) is 3.79. The Morgan fingerprint density at radius 2 is 2.07 bits per heavy atom. The van der Waals surface area contributed by atoms with Crippen molar-refractivity contribution in [2.75, 3.05) is 25.6 Å². The van der Waals surface area contributed by atoms with E-state index in [2.05, 4.69) is 25.1 Å². The first-order valence-corrected chi connectivity index (χ1v) is 6.74. The zero-order valence-corrected chi connectivity index (χ0v) is 11.4. The molecule has 0 saturated heterocycles. The minimum Gasteiger partial charge on any atom is -0.387 e. The Kier molecular flexibility index (Phi) is 6.29. The van der Waals surface area contributed by atoms with Gasteiger partial charge in [0.2, 0.25) is 0 Å². The van der Waals surface area contributed by atoms with Gasteiger partial charge in [0.15, 0.2) is 0 Å².